The molecule has 0 aromatic rings. The smallest absolute Gasteiger partial charge is 0.0238 e. The molecule has 110 valence electrons. The van der Waals surface area contributed by atoms with E-state index in [2.05, 4.69) is 38.5 Å². The Labute approximate surface area is 119 Å². The normalized spacial score (nSPS) is 42.6. The fourth-order valence-corrected chi connectivity index (χ4v) is 5.35. The van der Waals surface area contributed by atoms with E-state index in [1.54, 1.807) is 6.42 Å². The molecule has 0 spiro atoms. The van der Waals surface area contributed by atoms with Gasteiger partial charge in [-0.1, -0.05) is 20.8 Å². The van der Waals surface area contributed by atoms with Gasteiger partial charge in [0.15, 0.2) is 0 Å². The molecule has 0 amide bonds. The van der Waals surface area contributed by atoms with Crippen molar-refractivity contribution >= 4 is 0 Å². The van der Waals surface area contributed by atoms with Crippen molar-refractivity contribution in [3.8, 4) is 0 Å². The van der Waals surface area contributed by atoms with Gasteiger partial charge in [0.25, 0.3) is 0 Å². The predicted octanol–water partition coefficient (Wildman–Crippen LogP) is 3.03. The molecule has 4 saturated carbocycles. The van der Waals surface area contributed by atoms with Gasteiger partial charge in [0.05, 0.1) is 0 Å². The highest BCUT2D eigenvalue weighted by molar-refractivity contribution is 5.01. The van der Waals surface area contributed by atoms with Crippen LogP contribution in [0.2, 0.25) is 0 Å². The Morgan fingerprint density at radius 3 is 1.89 bits per heavy atom. The maximum absolute atomic E-state index is 3.96. The molecule has 2 heteroatoms. The highest BCUT2D eigenvalue weighted by Gasteiger charge is 2.48. The van der Waals surface area contributed by atoms with E-state index < -0.39 is 0 Å². The van der Waals surface area contributed by atoms with Crippen molar-refractivity contribution in [2.24, 2.45) is 29.1 Å². The lowest BCUT2D eigenvalue weighted by atomic mass is 9.54. The van der Waals surface area contributed by atoms with Gasteiger partial charge in [-0.3, -0.25) is 0 Å². The van der Waals surface area contributed by atoms with Crippen molar-refractivity contribution in [1.82, 2.24) is 10.6 Å². The Hall–Kier alpha value is -0.0800. The Balaban J connectivity index is 1.58. The molecular weight excluding hydrogens is 232 g/mol. The molecule has 4 fully saturated rings. The monoisotopic (exact) mass is 264 g/mol. The Bertz CT molecular complexity index is 290. The van der Waals surface area contributed by atoms with E-state index >= 15 is 0 Å². The lowest BCUT2D eigenvalue weighted by Crippen LogP contribution is -2.57. The maximum atomic E-state index is 3.96. The molecule has 0 unspecified atom stereocenters. The largest absolute Gasteiger partial charge is 0.315 e. The molecule has 0 aromatic heterocycles. The molecule has 19 heavy (non-hydrogen) atoms. The van der Waals surface area contributed by atoms with Gasteiger partial charge >= 0.3 is 0 Å². The molecule has 0 saturated heterocycles. The second kappa shape index (κ2) is 5.04. The first-order valence-corrected chi connectivity index (χ1v) is 8.38. The SMILES string of the molecule is CN[C@H](CNC1C2CC3CC(C2)CC1C3)C(C)(C)C. The van der Waals surface area contributed by atoms with Gasteiger partial charge in [-0.25, -0.2) is 0 Å². The van der Waals surface area contributed by atoms with Gasteiger partial charge in [-0.2, -0.15) is 0 Å². The van der Waals surface area contributed by atoms with Crippen LogP contribution >= 0.6 is 0 Å². The molecule has 4 bridgehead atoms. The molecule has 1 atom stereocenters. The number of hydrogen-bond acceptors (Lipinski definition) is 2. The van der Waals surface area contributed by atoms with Crippen LogP contribution in [0, 0.1) is 29.1 Å². The van der Waals surface area contributed by atoms with E-state index in [0.29, 0.717) is 11.5 Å². The van der Waals surface area contributed by atoms with E-state index in [1.807, 2.05) is 0 Å². The lowest BCUT2D eigenvalue weighted by molar-refractivity contribution is -0.0153. The highest BCUT2D eigenvalue weighted by Crippen LogP contribution is 2.53. The van der Waals surface area contributed by atoms with Crippen molar-refractivity contribution in [3.63, 3.8) is 0 Å². The van der Waals surface area contributed by atoms with Crippen LogP contribution in [0.1, 0.15) is 52.9 Å². The number of hydrogen-bond donors (Lipinski definition) is 2. The fraction of sp³-hybridized carbons (Fsp3) is 1.00. The average molecular weight is 264 g/mol. The summed E-state index contributed by atoms with van der Waals surface area (Å²) in [6.45, 7) is 8.15. The zero-order chi connectivity index (χ0) is 13.6. The summed E-state index contributed by atoms with van der Waals surface area (Å²) in [7, 11) is 2.11. The fourth-order valence-electron chi connectivity index (χ4n) is 5.35. The summed E-state index contributed by atoms with van der Waals surface area (Å²) in [5, 5.41) is 7.46. The van der Waals surface area contributed by atoms with Gasteiger partial charge in [0, 0.05) is 18.6 Å². The summed E-state index contributed by atoms with van der Waals surface area (Å²) >= 11 is 0. The van der Waals surface area contributed by atoms with Crippen LogP contribution in [-0.2, 0) is 0 Å². The summed E-state index contributed by atoms with van der Waals surface area (Å²) in [6, 6.07) is 1.40. The third-order valence-corrected chi connectivity index (χ3v) is 6.18. The average Bonchev–Trinajstić information content (AvgIpc) is 2.30. The number of rotatable bonds is 4. The topological polar surface area (TPSA) is 24.1 Å². The van der Waals surface area contributed by atoms with E-state index in [1.165, 1.54) is 25.7 Å². The summed E-state index contributed by atoms with van der Waals surface area (Å²) in [4.78, 5) is 0. The standard InChI is InChI=1S/C17H32N2/c1-17(2,3)15(18-4)10-19-16-13-6-11-5-12(8-13)9-14(16)7-11/h11-16,18-19H,5-10H2,1-4H3/t11?,12?,13?,14?,15-,16?/m1/s1. The van der Waals surface area contributed by atoms with Crippen molar-refractivity contribution in [2.45, 2.75) is 65.0 Å². The third kappa shape index (κ3) is 2.71. The highest BCUT2D eigenvalue weighted by atomic mass is 15.0. The molecule has 0 aliphatic heterocycles. The Morgan fingerprint density at radius 2 is 1.47 bits per heavy atom. The van der Waals surface area contributed by atoms with Crippen LogP contribution in [0.5, 0.6) is 0 Å². The van der Waals surface area contributed by atoms with Crippen LogP contribution in [0.15, 0.2) is 0 Å². The molecule has 0 aromatic carbocycles. The first kappa shape index (κ1) is 13.9. The van der Waals surface area contributed by atoms with E-state index in [0.717, 1.165) is 36.3 Å². The van der Waals surface area contributed by atoms with Gasteiger partial charge in [-0.15, -0.1) is 0 Å². The van der Waals surface area contributed by atoms with Gasteiger partial charge in [0.2, 0.25) is 0 Å². The Kier molecular flexibility index (Phi) is 3.68. The van der Waals surface area contributed by atoms with Crippen molar-refractivity contribution in [1.29, 1.82) is 0 Å². The predicted molar refractivity (Wildman–Crippen MR) is 81.1 cm³/mol. The van der Waals surface area contributed by atoms with Crippen molar-refractivity contribution in [2.75, 3.05) is 13.6 Å². The van der Waals surface area contributed by atoms with Crippen molar-refractivity contribution < 1.29 is 0 Å². The minimum atomic E-state index is 0.341. The summed E-state index contributed by atoms with van der Waals surface area (Å²) < 4.78 is 0. The summed E-state index contributed by atoms with van der Waals surface area (Å²) in [5.41, 5.74) is 0.341. The zero-order valence-corrected chi connectivity index (χ0v) is 13.2. The third-order valence-electron chi connectivity index (χ3n) is 6.18. The van der Waals surface area contributed by atoms with Crippen LogP contribution < -0.4 is 10.6 Å². The molecule has 4 aliphatic rings. The first-order valence-electron chi connectivity index (χ1n) is 8.38. The van der Waals surface area contributed by atoms with Crippen LogP contribution in [0.25, 0.3) is 0 Å². The minimum absolute atomic E-state index is 0.341. The molecule has 2 N–H and O–H groups in total. The van der Waals surface area contributed by atoms with E-state index in [4.69, 9.17) is 0 Å². The van der Waals surface area contributed by atoms with Gasteiger partial charge < -0.3 is 10.6 Å². The zero-order valence-electron chi connectivity index (χ0n) is 13.2. The molecule has 0 radical (unpaired) electrons. The molecule has 0 heterocycles. The van der Waals surface area contributed by atoms with Gasteiger partial charge in [-0.05, 0) is 68.2 Å². The van der Waals surface area contributed by atoms with E-state index in [9.17, 15) is 0 Å². The second-order valence-corrected chi connectivity index (χ2v) is 8.57. The molecule has 2 nitrogen and oxygen atoms in total. The van der Waals surface area contributed by atoms with Crippen molar-refractivity contribution in [3.05, 3.63) is 0 Å². The van der Waals surface area contributed by atoms with E-state index in [-0.39, 0.29) is 0 Å². The molecular formula is C17H32N2. The quantitative estimate of drug-likeness (QED) is 0.815. The van der Waals surface area contributed by atoms with Crippen LogP contribution in [0.3, 0.4) is 0 Å². The molecule has 4 aliphatic carbocycles. The maximum Gasteiger partial charge on any atom is 0.0238 e. The van der Waals surface area contributed by atoms with Crippen LogP contribution in [-0.4, -0.2) is 25.7 Å². The van der Waals surface area contributed by atoms with Gasteiger partial charge in [0.1, 0.15) is 0 Å². The number of likely N-dealkylation sites (N-methyl/N-ethyl adjacent to an activating group) is 1. The summed E-state index contributed by atoms with van der Waals surface area (Å²) in [6.07, 6.45) is 7.63. The lowest BCUT2D eigenvalue weighted by Gasteiger charge is -2.55. The minimum Gasteiger partial charge on any atom is -0.315 e. The number of nitrogens with one attached hydrogen (secondary N) is 2. The summed E-state index contributed by atoms with van der Waals surface area (Å²) in [5.74, 6) is 4.16. The van der Waals surface area contributed by atoms with Crippen LogP contribution in [0.4, 0.5) is 0 Å². The first-order chi connectivity index (χ1) is 8.97. The second-order valence-electron chi connectivity index (χ2n) is 8.57. The molecule has 4 rings (SSSR count). The Morgan fingerprint density at radius 1 is 0.947 bits per heavy atom.